The van der Waals surface area contributed by atoms with E-state index < -0.39 is 5.97 Å². The molecule has 0 saturated carbocycles. The molecule has 0 aliphatic rings. The molecule has 0 fully saturated rings. The number of esters is 1. The molecule has 0 aliphatic heterocycles. The highest BCUT2D eigenvalue weighted by Gasteiger charge is 2.06. The van der Waals surface area contributed by atoms with Crippen LogP contribution in [0.15, 0.2) is 48.5 Å². The molecule has 0 heterocycles. The van der Waals surface area contributed by atoms with Crippen molar-refractivity contribution >= 4 is 5.97 Å². The molecular weight excluding hydrogens is 306 g/mol. The second-order valence-electron chi connectivity index (χ2n) is 5.07. The summed E-state index contributed by atoms with van der Waals surface area (Å²) in [4.78, 5) is 11.7. The Morgan fingerprint density at radius 2 is 1.54 bits per heavy atom. The van der Waals surface area contributed by atoms with Gasteiger partial charge in [0.15, 0.2) is 6.61 Å². The summed E-state index contributed by atoms with van der Waals surface area (Å²) < 4.78 is 16.1. The van der Waals surface area contributed by atoms with Crippen LogP contribution in [-0.2, 0) is 4.79 Å². The lowest BCUT2D eigenvalue weighted by molar-refractivity contribution is -0.136. The van der Waals surface area contributed by atoms with E-state index in [1.807, 2.05) is 6.07 Å². The van der Waals surface area contributed by atoms with E-state index in [9.17, 15) is 4.79 Å². The van der Waals surface area contributed by atoms with Crippen molar-refractivity contribution in [1.82, 2.24) is 0 Å². The number of benzene rings is 2. The summed E-state index contributed by atoms with van der Waals surface area (Å²) in [6, 6.07) is 15.4. The average molecular weight is 325 g/mol. The summed E-state index contributed by atoms with van der Waals surface area (Å²) in [6.45, 7) is 2.60. The first kappa shape index (κ1) is 17.4. The second kappa shape index (κ2) is 9.21. The Hall–Kier alpha value is -3.00. The molecule has 0 bridgehead atoms. The summed E-state index contributed by atoms with van der Waals surface area (Å²) in [5.74, 6) is 1.20. The first-order chi connectivity index (χ1) is 11.7. The van der Waals surface area contributed by atoms with Crippen LogP contribution in [0.5, 0.6) is 17.2 Å². The van der Waals surface area contributed by atoms with Crippen LogP contribution in [0.2, 0.25) is 0 Å². The number of unbranched alkanes of at least 4 members (excludes halogenated alkanes) is 1. The topological polar surface area (TPSA) is 68.6 Å². The highest BCUT2D eigenvalue weighted by atomic mass is 16.6. The Balaban J connectivity index is 1.77. The van der Waals surface area contributed by atoms with Crippen molar-refractivity contribution in [1.29, 1.82) is 5.26 Å². The van der Waals surface area contributed by atoms with Gasteiger partial charge in [0, 0.05) is 0 Å². The Morgan fingerprint density at radius 1 is 0.958 bits per heavy atom. The van der Waals surface area contributed by atoms with Crippen LogP contribution >= 0.6 is 0 Å². The number of ether oxygens (including phenoxy) is 3. The van der Waals surface area contributed by atoms with Crippen molar-refractivity contribution in [2.75, 3.05) is 13.2 Å². The van der Waals surface area contributed by atoms with Gasteiger partial charge >= 0.3 is 5.97 Å². The Kier molecular flexibility index (Phi) is 6.66. The lowest BCUT2D eigenvalue weighted by Gasteiger charge is -2.08. The van der Waals surface area contributed by atoms with E-state index in [-0.39, 0.29) is 6.61 Å². The minimum absolute atomic E-state index is 0.198. The minimum Gasteiger partial charge on any atom is -0.494 e. The van der Waals surface area contributed by atoms with E-state index in [4.69, 9.17) is 19.5 Å². The van der Waals surface area contributed by atoms with Crippen LogP contribution in [0.4, 0.5) is 0 Å². The molecule has 2 aromatic rings. The van der Waals surface area contributed by atoms with Crippen LogP contribution < -0.4 is 14.2 Å². The quantitative estimate of drug-likeness (QED) is 0.420. The van der Waals surface area contributed by atoms with E-state index in [1.54, 1.807) is 48.5 Å². The molecular formula is C19H19NO4. The monoisotopic (exact) mass is 325 g/mol. The fourth-order valence-corrected chi connectivity index (χ4v) is 1.87. The number of carbonyl (C=O) groups excluding carboxylic acids is 1. The second-order valence-corrected chi connectivity index (χ2v) is 5.07. The smallest absolute Gasteiger partial charge is 0.349 e. The van der Waals surface area contributed by atoms with Gasteiger partial charge in [-0.25, -0.2) is 4.79 Å². The molecule has 24 heavy (non-hydrogen) atoms. The molecule has 5 heteroatoms. The number of rotatable bonds is 8. The van der Waals surface area contributed by atoms with Crippen LogP contribution in [0.1, 0.15) is 25.3 Å². The molecule has 0 aromatic heterocycles. The molecule has 0 N–H and O–H groups in total. The zero-order chi connectivity index (χ0) is 17.2. The number of nitrogens with zero attached hydrogens (tertiary/aromatic N) is 1. The lowest BCUT2D eigenvalue weighted by atomic mass is 10.2. The first-order valence-electron chi connectivity index (χ1n) is 7.77. The molecule has 5 nitrogen and oxygen atoms in total. The SMILES string of the molecule is CCCCOc1ccc(OCC(=O)Oc2ccc(C#N)cc2)cc1. The zero-order valence-corrected chi connectivity index (χ0v) is 13.5. The number of nitriles is 1. The third kappa shape index (κ3) is 5.65. The zero-order valence-electron chi connectivity index (χ0n) is 13.5. The van der Waals surface area contributed by atoms with Gasteiger partial charge in [0.2, 0.25) is 0 Å². The van der Waals surface area contributed by atoms with Gasteiger partial charge in [-0.15, -0.1) is 0 Å². The maximum atomic E-state index is 11.7. The van der Waals surface area contributed by atoms with Crippen molar-refractivity contribution in [2.45, 2.75) is 19.8 Å². The Bertz CT molecular complexity index is 687. The van der Waals surface area contributed by atoms with Crippen molar-refractivity contribution in [3.05, 3.63) is 54.1 Å². The molecule has 0 aliphatic carbocycles. The van der Waals surface area contributed by atoms with Crippen LogP contribution in [0.3, 0.4) is 0 Å². The number of hydrogen-bond acceptors (Lipinski definition) is 5. The average Bonchev–Trinajstić information content (AvgIpc) is 2.62. The maximum Gasteiger partial charge on any atom is 0.349 e. The molecule has 124 valence electrons. The van der Waals surface area contributed by atoms with Gasteiger partial charge in [-0.3, -0.25) is 0 Å². The summed E-state index contributed by atoms with van der Waals surface area (Å²) in [6.07, 6.45) is 2.10. The largest absolute Gasteiger partial charge is 0.494 e. The van der Waals surface area contributed by atoms with Crippen LogP contribution in [-0.4, -0.2) is 19.2 Å². The standard InChI is InChI=1S/C19H19NO4/c1-2-3-12-22-16-8-10-17(11-9-16)23-14-19(21)24-18-6-4-15(13-20)5-7-18/h4-11H,2-3,12,14H2,1H3. The molecule has 0 radical (unpaired) electrons. The van der Waals surface area contributed by atoms with E-state index in [0.717, 1.165) is 18.6 Å². The number of hydrogen-bond donors (Lipinski definition) is 0. The highest BCUT2D eigenvalue weighted by Crippen LogP contribution is 2.18. The van der Waals surface area contributed by atoms with Gasteiger partial charge in [0.1, 0.15) is 17.2 Å². The van der Waals surface area contributed by atoms with Crippen molar-refractivity contribution in [3.8, 4) is 23.3 Å². The fraction of sp³-hybridized carbons (Fsp3) is 0.263. The predicted molar refractivity (Wildman–Crippen MR) is 89.1 cm³/mol. The summed E-state index contributed by atoms with van der Waals surface area (Å²) in [5.41, 5.74) is 0.507. The molecule has 0 saturated heterocycles. The van der Waals surface area contributed by atoms with Gasteiger partial charge in [-0.2, -0.15) is 5.26 Å². The van der Waals surface area contributed by atoms with E-state index in [0.29, 0.717) is 23.7 Å². The molecule has 0 unspecified atom stereocenters. The molecule has 0 spiro atoms. The summed E-state index contributed by atoms with van der Waals surface area (Å²) in [5, 5.41) is 8.71. The van der Waals surface area contributed by atoms with Gasteiger partial charge in [0.05, 0.1) is 18.2 Å². The van der Waals surface area contributed by atoms with Gasteiger partial charge in [-0.1, -0.05) is 13.3 Å². The van der Waals surface area contributed by atoms with E-state index in [1.165, 1.54) is 0 Å². The van der Waals surface area contributed by atoms with E-state index >= 15 is 0 Å². The predicted octanol–water partition coefficient (Wildman–Crippen LogP) is 3.72. The number of carbonyl (C=O) groups is 1. The highest BCUT2D eigenvalue weighted by molar-refractivity contribution is 5.74. The van der Waals surface area contributed by atoms with Crippen molar-refractivity contribution in [2.24, 2.45) is 0 Å². The van der Waals surface area contributed by atoms with Crippen LogP contribution in [0, 0.1) is 11.3 Å². The van der Waals surface area contributed by atoms with Crippen molar-refractivity contribution in [3.63, 3.8) is 0 Å². The molecule has 0 amide bonds. The lowest BCUT2D eigenvalue weighted by Crippen LogP contribution is -2.17. The first-order valence-corrected chi connectivity index (χ1v) is 7.77. The maximum absolute atomic E-state index is 11.7. The van der Waals surface area contributed by atoms with Gasteiger partial charge in [-0.05, 0) is 55.0 Å². The molecule has 0 atom stereocenters. The summed E-state index contributed by atoms with van der Waals surface area (Å²) in [7, 11) is 0. The fourth-order valence-electron chi connectivity index (χ4n) is 1.87. The van der Waals surface area contributed by atoms with Gasteiger partial charge < -0.3 is 14.2 Å². The molecule has 2 rings (SSSR count). The Morgan fingerprint density at radius 3 is 2.12 bits per heavy atom. The van der Waals surface area contributed by atoms with Gasteiger partial charge in [0.25, 0.3) is 0 Å². The third-order valence-electron chi connectivity index (χ3n) is 3.16. The summed E-state index contributed by atoms with van der Waals surface area (Å²) >= 11 is 0. The minimum atomic E-state index is -0.511. The van der Waals surface area contributed by atoms with E-state index in [2.05, 4.69) is 6.92 Å². The third-order valence-corrected chi connectivity index (χ3v) is 3.16. The van der Waals surface area contributed by atoms with Crippen molar-refractivity contribution < 1.29 is 19.0 Å². The molecule has 2 aromatic carbocycles. The normalized spacial score (nSPS) is 9.83. The Labute approximate surface area is 141 Å². The van der Waals surface area contributed by atoms with Crippen LogP contribution in [0.25, 0.3) is 0 Å².